The van der Waals surface area contributed by atoms with Gasteiger partial charge in [-0.05, 0) is 51.0 Å². The number of benzene rings is 1. The van der Waals surface area contributed by atoms with Crippen LogP contribution in [0.1, 0.15) is 35.3 Å². The van der Waals surface area contributed by atoms with Gasteiger partial charge in [0.15, 0.2) is 6.61 Å². The highest BCUT2D eigenvalue weighted by Gasteiger charge is 2.26. The van der Waals surface area contributed by atoms with E-state index in [4.69, 9.17) is 9.47 Å². The molecule has 1 saturated heterocycles. The lowest BCUT2D eigenvalue weighted by Gasteiger charge is -2.35. The Morgan fingerprint density at radius 1 is 1.15 bits per heavy atom. The molecule has 2 rings (SSSR count). The molecule has 1 aromatic carbocycles. The maximum absolute atomic E-state index is 12.1. The third kappa shape index (κ3) is 5.56. The zero-order chi connectivity index (χ0) is 19.3. The summed E-state index contributed by atoms with van der Waals surface area (Å²) < 4.78 is 10.5. The molecule has 0 bridgehead atoms. The number of nitrogens with zero attached hydrogens (tertiary/aromatic N) is 1. The van der Waals surface area contributed by atoms with Crippen molar-refractivity contribution in [3.63, 3.8) is 0 Å². The van der Waals surface area contributed by atoms with Crippen LogP contribution in [0.2, 0.25) is 0 Å². The summed E-state index contributed by atoms with van der Waals surface area (Å²) in [5.74, 6) is -1.27. The average molecular weight is 362 g/mol. The van der Waals surface area contributed by atoms with Gasteiger partial charge in [0, 0.05) is 18.7 Å². The lowest BCUT2D eigenvalue weighted by molar-refractivity contribution is -0.156. The Morgan fingerprint density at radius 3 is 2.42 bits per heavy atom. The summed E-state index contributed by atoms with van der Waals surface area (Å²) in [5, 5.41) is 2.50. The van der Waals surface area contributed by atoms with E-state index in [1.165, 1.54) is 0 Å². The Morgan fingerprint density at radius 2 is 1.81 bits per heavy atom. The number of esters is 1. The summed E-state index contributed by atoms with van der Waals surface area (Å²) >= 11 is 0. The van der Waals surface area contributed by atoms with Crippen molar-refractivity contribution in [2.75, 3.05) is 26.2 Å². The van der Waals surface area contributed by atoms with E-state index in [2.05, 4.69) is 5.32 Å². The first-order valence-corrected chi connectivity index (χ1v) is 8.70. The van der Waals surface area contributed by atoms with Crippen molar-refractivity contribution in [2.45, 2.75) is 39.9 Å². The maximum atomic E-state index is 12.1. The Kier molecular flexibility index (Phi) is 6.74. The van der Waals surface area contributed by atoms with Gasteiger partial charge in [-0.2, -0.15) is 0 Å². The summed E-state index contributed by atoms with van der Waals surface area (Å²) in [6, 6.07) is 5.32. The molecule has 1 fully saturated rings. The van der Waals surface area contributed by atoms with Gasteiger partial charge in [-0.15, -0.1) is 0 Å². The maximum Gasteiger partial charge on any atom is 0.325 e. The molecule has 7 heteroatoms. The molecule has 2 amide bonds. The van der Waals surface area contributed by atoms with E-state index in [0.717, 1.165) is 11.1 Å². The molecule has 1 aliphatic rings. The molecule has 1 heterocycles. The quantitative estimate of drug-likeness (QED) is 0.796. The fourth-order valence-electron chi connectivity index (χ4n) is 2.80. The zero-order valence-electron chi connectivity index (χ0n) is 15.7. The van der Waals surface area contributed by atoms with Gasteiger partial charge in [-0.25, -0.2) is 0 Å². The molecule has 1 N–H and O–H groups in total. The van der Waals surface area contributed by atoms with Gasteiger partial charge in [0.2, 0.25) is 0 Å². The van der Waals surface area contributed by atoms with Gasteiger partial charge in [-0.1, -0.05) is 6.07 Å². The van der Waals surface area contributed by atoms with Crippen LogP contribution in [0.4, 0.5) is 0 Å². The monoisotopic (exact) mass is 362 g/mol. The molecular formula is C19H26N2O5. The van der Waals surface area contributed by atoms with Crippen LogP contribution < -0.4 is 5.32 Å². The highest BCUT2D eigenvalue weighted by atomic mass is 16.5. The zero-order valence-corrected chi connectivity index (χ0v) is 15.7. The minimum atomic E-state index is -0.648. The van der Waals surface area contributed by atoms with E-state index in [1.54, 1.807) is 17.0 Å². The lowest BCUT2D eigenvalue weighted by Crippen LogP contribution is -2.49. The van der Waals surface area contributed by atoms with Gasteiger partial charge in [0.1, 0.15) is 6.54 Å². The second kappa shape index (κ2) is 8.80. The van der Waals surface area contributed by atoms with E-state index < -0.39 is 5.97 Å². The first kappa shape index (κ1) is 19.9. The van der Waals surface area contributed by atoms with Crippen LogP contribution in [0, 0.1) is 13.8 Å². The van der Waals surface area contributed by atoms with E-state index in [0.29, 0.717) is 18.7 Å². The van der Waals surface area contributed by atoms with Crippen LogP contribution >= 0.6 is 0 Å². The fourth-order valence-corrected chi connectivity index (χ4v) is 2.80. The van der Waals surface area contributed by atoms with Gasteiger partial charge >= 0.3 is 5.97 Å². The number of rotatable bonds is 5. The van der Waals surface area contributed by atoms with Gasteiger partial charge in [-0.3, -0.25) is 14.4 Å². The van der Waals surface area contributed by atoms with Crippen LogP contribution in [0.15, 0.2) is 18.2 Å². The van der Waals surface area contributed by atoms with Crippen molar-refractivity contribution < 1.29 is 23.9 Å². The molecule has 142 valence electrons. The van der Waals surface area contributed by atoms with Crippen LogP contribution in [-0.4, -0.2) is 61.1 Å². The molecule has 0 aliphatic carbocycles. The number of amides is 2. The SMILES string of the molecule is Cc1ccc(C(=O)NCC(=O)OCC(=O)N2C[C@@H](C)O[C@@H](C)C2)cc1C. The number of carbonyl (C=O) groups is 3. The molecule has 1 aliphatic heterocycles. The Bertz CT molecular complexity index is 679. The molecule has 2 atom stereocenters. The van der Waals surface area contributed by atoms with Crippen LogP contribution in [0.3, 0.4) is 0 Å². The first-order valence-electron chi connectivity index (χ1n) is 8.70. The molecule has 0 saturated carbocycles. The molecule has 1 aromatic rings. The number of nitrogens with one attached hydrogen (secondary N) is 1. The number of morpholine rings is 1. The summed E-state index contributed by atoms with van der Waals surface area (Å²) in [7, 11) is 0. The second-order valence-electron chi connectivity index (χ2n) is 6.70. The third-order valence-corrected chi connectivity index (χ3v) is 4.29. The van der Waals surface area contributed by atoms with Crippen molar-refractivity contribution in [3.05, 3.63) is 34.9 Å². The first-order chi connectivity index (χ1) is 12.3. The number of ether oxygens (including phenoxy) is 2. The highest BCUT2D eigenvalue weighted by molar-refractivity contribution is 5.96. The minimum absolute atomic E-state index is 0.0457. The van der Waals surface area contributed by atoms with Crippen molar-refractivity contribution in [2.24, 2.45) is 0 Å². The van der Waals surface area contributed by atoms with Crippen molar-refractivity contribution in [3.8, 4) is 0 Å². The predicted molar refractivity (Wildman–Crippen MR) is 95.8 cm³/mol. The molecular weight excluding hydrogens is 336 g/mol. The highest BCUT2D eigenvalue weighted by Crippen LogP contribution is 2.11. The summed E-state index contributed by atoms with van der Waals surface area (Å²) in [4.78, 5) is 37.6. The number of aryl methyl sites for hydroxylation is 2. The van der Waals surface area contributed by atoms with Crippen molar-refractivity contribution in [1.29, 1.82) is 0 Å². The molecule has 7 nitrogen and oxygen atoms in total. The Labute approximate surface area is 153 Å². The molecule has 0 unspecified atom stereocenters. The van der Waals surface area contributed by atoms with Crippen LogP contribution in [0.25, 0.3) is 0 Å². The molecule has 0 spiro atoms. The standard InChI is InChI=1S/C19H26N2O5/c1-12-5-6-16(7-13(12)2)19(24)20-8-18(23)25-11-17(22)21-9-14(3)26-15(4)10-21/h5-7,14-15H,8-11H2,1-4H3,(H,20,24)/t14-,15+. The van der Waals surface area contributed by atoms with Crippen molar-refractivity contribution in [1.82, 2.24) is 10.2 Å². The topological polar surface area (TPSA) is 84.9 Å². The summed E-state index contributed by atoms with van der Waals surface area (Å²) in [6.07, 6.45) is -0.0914. The largest absolute Gasteiger partial charge is 0.454 e. The van der Waals surface area contributed by atoms with E-state index >= 15 is 0 Å². The van der Waals surface area contributed by atoms with Crippen molar-refractivity contribution >= 4 is 17.8 Å². The van der Waals surface area contributed by atoms with Gasteiger partial charge < -0.3 is 19.7 Å². The van der Waals surface area contributed by atoms with Gasteiger partial charge in [0.25, 0.3) is 11.8 Å². The van der Waals surface area contributed by atoms with E-state index in [9.17, 15) is 14.4 Å². The Hall–Kier alpha value is -2.41. The minimum Gasteiger partial charge on any atom is -0.454 e. The lowest BCUT2D eigenvalue weighted by atomic mass is 10.1. The second-order valence-corrected chi connectivity index (χ2v) is 6.70. The average Bonchev–Trinajstić information content (AvgIpc) is 2.59. The van der Waals surface area contributed by atoms with Crippen LogP contribution in [-0.2, 0) is 19.1 Å². The fraction of sp³-hybridized carbons (Fsp3) is 0.526. The number of carbonyl (C=O) groups excluding carboxylic acids is 3. The predicted octanol–water partition coefficient (Wildman–Crippen LogP) is 1.21. The number of hydrogen-bond donors (Lipinski definition) is 1. The molecule has 0 radical (unpaired) electrons. The Balaban J connectivity index is 1.75. The molecule has 26 heavy (non-hydrogen) atoms. The summed E-state index contributed by atoms with van der Waals surface area (Å²) in [6.45, 7) is 8.00. The summed E-state index contributed by atoms with van der Waals surface area (Å²) in [5.41, 5.74) is 2.57. The van der Waals surface area contributed by atoms with E-state index in [-0.39, 0.29) is 37.2 Å². The van der Waals surface area contributed by atoms with E-state index in [1.807, 2.05) is 33.8 Å². The normalized spacial score (nSPS) is 19.8. The smallest absolute Gasteiger partial charge is 0.325 e. The van der Waals surface area contributed by atoms with Gasteiger partial charge in [0.05, 0.1) is 12.2 Å². The third-order valence-electron chi connectivity index (χ3n) is 4.29. The number of hydrogen-bond acceptors (Lipinski definition) is 5. The molecule has 0 aromatic heterocycles. The van der Waals surface area contributed by atoms with Crippen LogP contribution in [0.5, 0.6) is 0 Å².